The van der Waals surface area contributed by atoms with Crippen molar-refractivity contribution in [3.63, 3.8) is 0 Å². The van der Waals surface area contributed by atoms with Gasteiger partial charge in [-0.15, -0.1) is 0 Å². The average molecular weight is 393 g/mol. The van der Waals surface area contributed by atoms with Gasteiger partial charge >= 0.3 is 5.97 Å². The Kier molecular flexibility index (Phi) is 15.3. The first kappa shape index (κ1) is 24.5. The number of hydrogen-bond acceptors (Lipinski definition) is 4. The number of carbonyl (C=O) groups is 2. The molecule has 0 aliphatic heterocycles. The van der Waals surface area contributed by atoms with E-state index in [-0.39, 0.29) is 18.3 Å². The zero-order valence-corrected chi connectivity index (χ0v) is 17.9. The van der Waals surface area contributed by atoms with Gasteiger partial charge in [0.05, 0.1) is 0 Å². The highest BCUT2D eigenvalue weighted by Gasteiger charge is 2.06. The average Bonchev–Trinajstić information content (AvgIpc) is 3.17. The van der Waals surface area contributed by atoms with Crippen LogP contribution >= 0.6 is 0 Å². The van der Waals surface area contributed by atoms with Crippen molar-refractivity contribution in [2.45, 2.75) is 116 Å². The number of esters is 1. The van der Waals surface area contributed by atoms with E-state index in [0.717, 1.165) is 12.8 Å². The summed E-state index contributed by atoms with van der Waals surface area (Å²) in [5.41, 5.74) is 0. The SMILES string of the molecule is CCCCCCCCCCCCCCCCCC(=O)OCc1ccc(C=O)o1. The Morgan fingerprint density at radius 1 is 0.821 bits per heavy atom. The number of rotatable bonds is 19. The molecule has 1 aromatic heterocycles. The maximum Gasteiger partial charge on any atom is 0.306 e. The molecule has 0 aliphatic carbocycles. The molecule has 0 bridgehead atoms. The Bertz CT molecular complexity index is 506. The highest BCUT2D eigenvalue weighted by Crippen LogP contribution is 2.14. The van der Waals surface area contributed by atoms with Crippen LogP contribution in [0.4, 0.5) is 0 Å². The summed E-state index contributed by atoms with van der Waals surface area (Å²) >= 11 is 0. The number of ether oxygens (including phenoxy) is 1. The molecule has 1 aromatic rings. The molecule has 0 aliphatic rings. The lowest BCUT2D eigenvalue weighted by Crippen LogP contribution is -2.03. The van der Waals surface area contributed by atoms with Gasteiger partial charge in [0.25, 0.3) is 0 Å². The van der Waals surface area contributed by atoms with Gasteiger partial charge in [-0.3, -0.25) is 9.59 Å². The van der Waals surface area contributed by atoms with Crippen LogP contribution in [0.2, 0.25) is 0 Å². The van der Waals surface area contributed by atoms with Crippen molar-refractivity contribution in [3.8, 4) is 0 Å². The van der Waals surface area contributed by atoms with Crippen molar-refractivity contribution in [1.29, 1.82) is 0 Å². The number of furan rings is 1. The molecule has 0 radical (unpaired) electrons. The highest BCUT2D eigenvalue weighted by atomic mass is 16.5. The van der Waals surface area contributed by atoms with Crippen molar-refractivity contribution in [2.24, 2.45) is 0 Å². The van der Waals surface area contributed by atoms with Crippen molar-refractivity contribution in [3.05, 3.63) is 23.7 Å². The Morgan fingerprint density at radius 3 is 1.79 bits per heavy atom. The molecule has 0 aromatic carbocycles. The van der Waals surface area contributed by atoms with Crippen molar-refractivity contribution < 1.29 is 18.7 Å². The summed E-state index contributed by atoms with van der Waals surface area (Å²) in [5, 5.41) is 0. The number of carbonyl (C=O) groups excluding carboxylic acids is 2. The van der Waals surface area contributed by atoms with Gasteiger partial charge in [-0.05, 0) is 18.6 Å². The molecular weight excluding hydrogens is 352 g/mol. The third kappa shape index (κ3) is 13.6. The van der Waals surface area contributed by atoms with Crippen molar-refractivity contribution in [2.75, 3.05) is 0 Å². The van der Waals surface area contributed by atoms with Gasteiger partial charge in [0.15, 0.2) is 12.0 Å². The van der Waals surface area contributed by atoms with E-state index in [0.29, 0.717) is 18.5 Å². The molecule has 28 heavy (non-hydrogen) atoms. The highest BCUT2D eigenvalue weighted by molar-refractivity contribution is 5.70. The van der Waals surface area contributed by atoms with Crippen LogP contribution in [0.15, 0.2) is 16.5 Å². The Morgan fingerprint density at radius 2 is 1.32 bits per heavy atom. The second kappa shape index (κ2) is 17.5. The van der Waals surface area contributed by atoms with Gasteiger partial charge in [0.2, 0.25) is 0 Å². The zero-order valence-electron chi connectivity index (χ0n) is 17.9. The van der Waals surface area contributed by atoms with Gasteiger partial charge in [-0.2, -0.15) is 0 Å². The summed E-state index contributed by atoms with van der Waals surface area (Å²) < 4.78 is 10.3. The Balaban J connectivity index is 1.80. The number of unbranched alkanes of at least 4 members (excludes halogenated alkanes) is 14. The normalized spacial score (nSPS) is 10.9. The van der Waals surface area contributed by atoms with Crippen molar-refractivity contribution in [1.82, 2.24) is 0 Å². The standard InChI is InChI=1S/C24H40O4/c1-2-3-4-5-6-7-8-9-10-11-12-13-14-15-16-17-24(26)27-21-23-19-18-22(20-25)28-23/h18-20H,2-17,21H2,1H3. The largest absolute Gasteiger partial charge is 0.457 e. The lowest BCUT2D eigenvalue weighted by atomic mass is 10.0. The molecule has 1 rings (SSSR count). The van der Waals surface area contributed by atoms with Gasteiger partial charge in [0, 0.05) is 6.42 Å². The molecule has 0 amide bonds. The van der Waals surface area contributed by atoms with E-state index in [4.69, 9.17) is 9.15 Å². The molecule has 4 heteroatoms. The fourth-order valence-corrected chi connectivity index (χ4v) is 3.40. The molecule has 160 valence electrons. The molecule has 0 unspecified atom stereocenters. The van der Waals surface area contributed by atoms with Gasteiger partial charge < -0.3 is 9.15 Å². The summed E-state index contributed by atoms with van der Waals surface area (Å²) in [7, 11) is 0. The first-order chi connectivity index (χ1) is 13.8. The summed E-state index contributed by atoms with van der Waals surface area (Å²) in [5.74, 6) is 0.569. The third-order valence-electron chi connectivity index (χ3n) is 5.16. The van der Waals surface area contributed by atoms with E-state index in [9.17, 15) is 9.59 Å². The molecule has 0 saturated heterocycles. The first-order valence-corrected chi connectivity index (χ1v) is 11.5. The molecule has 0 fully saturated rings. The van der Waals surface area contributed by atoms with Crippen LogP contribution in [0, 0.1) is 0 Å². The van der Waals surface area contributed by atoms with Crippen LogP contribution < -0.4 is 0 Å². The summed E-state index contributed by atoms with van der Waals surface area (Å²) in [6, 6.07) is 3.23. The minimum atomic E-state index is -0.196. The molecule has 0 atom stereocenters. The molecule has 0 spiro atoms. The van der Waals surface area contributed by atoms with Crippen LogP contribution in [0.3, 0.4) is 0 Å². The molecule has 0 saturated carbocycles. The number of aldehydes is 1. The van der Waals surface area contributed by atoms with Gasteiger partial charge in [-0.1, -0.05) is 96.8 Å². The minimum absolute atomic E-state index is 0.103. The maximum absolute atomic E-state index is 11.7. The first-order valence-electron chi connectivity index (χ1n) is 11.5. The lowest BCUT2D eigenvalue weighted by Gasteiger charge is -2.04. The summed E-state index contributed by atoms with van der Waals surface area (Å²) in [6.07, 6.45) is 20.8. The minimum Gasteiger partial charge on any atom is -0.457 e. The predicted octanol–water partition coefficient (Wildman–Crippen LogP) is 7.40. The molecular formula is C24H40O4. The van der Waals surface area contributed by atoms with E-state index in [1.165, 1.54) is 83.5 Å². The van der Waals surface area contributed by atoms with Crippen LogP contribution in [0.5, 0.6) is 0 Å². The van der Waals surface area contributed by atoms with Crippen LogP contribution in [-0.2, 0) is 16.1 Å². The maximum atomic E-state index is 11.7. The molecule has 0 N–H and O–H groups in total. The Hall–Kier alpha value is -1.58. The fraction of sp³-hybridized carbons (Fsp3) is 0.750. The van der Waals surface area contributed by atoms with Gasteiger partial charge in [-0.25, -0.2) is 0 Å². The van der Waals surface area contributed by atoms with E-state index in [2.05, 4.69) is 6.92 Å². The monoisotopic (exact) mass is 392 g/mol. The van der Waals surface area contributed by atoms with E-state index in [1.54, 1.807) is 12.1 Å². The fourth-order valence-electron chi connectivity index (χ4n) is 3.40. The third-order valence-corrected chi connectivity index (χ3v) is 5.16. The van der Waals surface area contributed by atoms with E-state index < -0.39 is 0 Å². The Labute approximate surface area is 171 Å². The van der Waals surface area contributed by atoms with Gasteiger partial charge in [0.1, 0.15) is 12.4 Å². The number of hydrogen-bond donors (Lipinski definition) is 0. The van der Waals surface area contributed by atoms with E-state index in [1.807, 2.05) is 0 Å². The summed E-state index contributed by atoms with van der Waals surface area (Å²) in [6.45, 7) is 2.37. The quantitative estimate of drug-likeness (QED) is 0.140. The van der Waals surface area contributed by atoms with Crippen LogP contribution in [0.25, 0.3) is 0 Å². The topological polar surface area (TPSA) is 56.5 Å². The second-order valence-corrected chi connectivity index (χ2v) is 7.78. The molecule has 1 heterocycles. The zero-order chi connectivity index (χ0) is 20.3. The lowest BCUT2D eigenvalue weighted by molar-refractivity contribution is -0.145. The second-order valence-electron chi connectivity index (χ2n) is 7.78. The smallest absolute Gasteiger partial charge is 0.306 e. The summed E-state index contributed by atoms with van der Waals surface area (Å²) in [4.78, 5) is 22.2. The van der Waals surface area contributed by atoms with E-state index >= 15 is 0 Å². The predicted molar refractivity (Wildman–Crippen MR) is 113 cm³/mol. The molecule has 4 nitrogen and oxygen atoms in total. The van der Waals surface area contributed by atoms with Crippen LogP contribution in [-0.4, -0.2) is 12.3 Å². The van der Waals surface area contributed by atoms with Crippen molar-refractivity contribution >= 4 is 12.3 Å². The van der Waals surface area contributed by atoms with Crippen LogP contribution in [0.1, 0.15) is 126 Å².